The van der Waals surface area contributed by atoms with Crippen LogP contribution in [0.1, 0.15) is 5.69 Å². The van der Waals surface area contributed by atoms with Gasteiger partial charge in [0.05, 0.1) is 12.3 Å². The van der Waals surface area contributed by atoms with E-state index in [9.17, 15) is 25.5 Å². The number of hydrogen-bond acceptors (Lipinski definition) is 6. The Kier molecular flexibility index (Phi) is 4.02. The predicted octanol–water partition coefficient (Wildman–Crippen LogP) is 0.0759. The number of aliphatic hydroxyl groups is 5. The zero-order valence-electron chi connectivity index (χ0n) is 11.6. The van der Waals surface area contributed by atoms with Gasteiger partial charge >= 0.3 is 0 Å². The third kappa shape index (κ3) is 2.18. The largest absolute Gasteiger partial charge is 0.392 e. The number of rotatable bonds is 2. The first kappa shape index (κ1) is 17.1. The van der Waals surface area contributed by atoms with Gasteiger partial charge in [-0.05, 0) is 33.4 Å². The summed E-state index contributed by atoms with van der Waals surface area (Å²) in [6.07, 6.45) is -3.88. The van der Waals surface area contributed by atoms with Gasteiger partial charge in [-0.25, -0.2) is 0 Å². The van der Waals surface area contributed by atoms with E-state index in [1.54, 1.807) is 24.3 Å². The lowest BCUT2D eigenvalue weighted by Gasteiger charge is -2.54. The molecule has 2 heterocycles. The summed E-state index contributed by atoms with van der Waals surface area (Å²) in [5.41, 5.74) is -1.97. The normalized spacial score (nSPS) is 41.3. The molecule has 1 fully saturated rings. The fourth-order valence-electron chi connectivity index (χ4n) is 2.78. The van der Waals surface area contributed by atoms with E-state index in [0.29, 0.717) is 10.9 Å². The van der Waals surface area contributed by atoms with Gasteiger partial charge in [-0.2, -0.15) is 0 Å². The van der Waals surface area contributed by atoms with Gasteiger partial charge < -0.3 is 35.3 Å². The van der Waals surface area contributed by atoms with Crippen LogP contribution in [0.5, 0.6) is 0 Å². The van der Waals surface area contributed by atoms with E-state index in [1.165, 1.54) is 6.07 Å². The first-order valence-corrected chi connectivity index (χ1v) is 7.90. The van der Waals surface area contributed by atoms with Crippen LogP contribution in [-0.4, -0.2) is 59.1 Å². The Morgan fingerprint density at radius 2 is 1.91 bits per heavy atom. The molecule has 0 bridgehead atoms. The summed E-state index contributed by atoms with van der Waals surface area (Å²) in [4.78, 5) is 2.85. The Bertz CT molecular complexity index is 706. The lowest BCUT2D eigenvalue weighted by molar-refractivity contribution is -0.349. The molecule has 1 aliphatic rings. The zero-order valence-corrected chi connectivity index (χ0v) is 14.0. The Morgan fingerprint density at radius 3 is 2.52 bits per heavy atom. The maximum atomic E-state index is 11.0. The number of fused-ring (bicyclic) bond motifs is 1. The Hall–Kier alpha value is -0.710. The molecule has 1 saturated heterocycles. The molecule has 0 spiro atoms. The fraction of sp³-hybridized carbons (Fsp3) is 0.429. The number of nitrogens with one attached hydrogen (secondary N) is 1. The summed E-state index contributed by atoms with van der Waals surface area (Å²) in [5, 5.41) is 49.3. The fourth-order valence-corrected chi connectivity index (χ4v) is 3.59. The van der Waals surface area contributed by atoms with E-state index in [-0.39, 0.29) is 5.69 Å². The summed E-state index contributed by atoms with van der Waals surface area (Å²) < 4.78 is 2.85. The van der Waals surface area contributed by atoms with Crippen LogP contribution in [0.2, 0.25) is 0 Å². The number of halogens is 2. The highest BCUT2D eigenvalue weighted by Gasteiger charge is 2.71. The van der Waals surface area contributed by atoms with Crippen LogP contribution in [0.4, 0.5) is 0 Å². The van der Waals surface area contributed by atoms with Crippen LogP contribution in [0.25, 0.3) is 10.9 Å². The SMILES string of the molecule is OC[C@@]1(Br)O[C@H](O)[C@@H](O)[C@](O)(c2cc3ccccc3[nH]2)[C@@]1(O)Cl. The molecule has 7 nitrogen and oxygen atoms in total. The third-order valence-electron chi connectivity index (χ3n) is 4.15. The van der Waals surface area contributed by atoms with Crippen molar-refractivity contribution in [3.8, 4) is 0 Å². The van der Waals surface area contributed by atoms with E-state index in [2.05, 4.69) is 20.9 Å². The quantitative estimate of drug-likeness (QED) is 0.391. The molecule has 3 rings (SSSR count). The van der Waals surface area contributed by atoms with Crippen molar-refractivity contribution in [2.45, 2.75) is 27.6 Å². The molecular weight excluding hydrogens is 394 g/mol. The average molecular weight is 409 g/mol. The highest BCUT2D eigenvalue weighted by atomic mass is 79.9. The highest BCUT2D eigenvalue weighted by molar-refractivity contribution is 9.10. The Labute approximate surface area is 144 Å². The molecule has 1 aliphatic heterocycles. The zero-order chi connectivity index (χ0) is 17.0. The third-order valence-corrected chi connectivity index (χ3v) is 5.98. The molecule has 1 aromatic heterocycles. The average Bonchev–Trinajstić information content (AvgIpc) is 2.96. The second-order valence-corrected chi connectivity index (χ2v) is 7.33. The maximum absolute atomic E-state index is 11.0. The molecule has 5 atom stereocenters. The summed E-state index contributed by atoms with van der Waals surface area (Å²) >= 11 is 8.99. The number of ether oxygens (including phenoxy) is 1. The molecule has 2 aromatic rings. The van der Waals surface area contributed by atoms with Crippen molar-refractivity contribution in [1.29, 1.82) is 0 Å². The van der Waals surface area contributed by atoms with Gasteiger partial charge in [-0.1, -0.05) is 29.8 Å². The topological polar surface area (TPSA) is 126 Å². The van der Waals surface area contributed by atoms with Gasteiger partial charge in [-0.15, -0.1) is 0 Å². The molecule has 0 amide bonds. The van der Waals surface area contributed by atoms with Gasteiger partial charge in [-0.3, -0.25) is 0 Å². The summed E-state index contributed by atoms with van der Waals surface area (Å²) in [6, 6.07) is 8.49. The predicted molar refractivity (Wildman–Crippen MR) is 84.8 cm³/mol. The molecule has 1 aromatic carbocycles. The molecule has 6 N–H and O–H groups in total. The van der Waals surface area contributed by atoms with E-state index >= 15 is 0 Å². The van der Waals surface area contributed by atoms with Crippen molar-refractivity contribution in [3.63, 3.8) is 0 Å². The van der Waals surface area contributed by atoms with E-state index in [0.717, 1.165) is 0 Å². The van der Waals surface area contributed by atoms with E-state index in [4.69, 9.17) is 16.3 Å². The number of alkyl halides is 2. The molecule has 0 radical (unpaired) electrons. The maximum Gasteiger partial charge on any atom is 0.217 e. The minimum atomic E-state index is -2.70. The number of aromatic amines is 1. The monoisotopic (exact) mass is 407 g/mol. The van der Waals surface area contributed by atoms with Crippen LogP contribution in [0, 0.1) is 0 Å². The standard InChI is InChI=1S/C14H15BrClNO6/c15-12(6-18)14(16,22)13(21,10(19)11(20)23-12)9-5-7-3-1-2-4-8(7)17-9/h1-5,10-11,17-22H,6H2/t10-,11+,12-,13-,14-/m1/s1. The minimum absolute atomic E-state index is 0.0386. The van der Waals surface area contributed by atoms with Crippen molar-refractivity contribution >= 4 is 38.4 Å². The van der Waals surface area contributed by atoms with Gasteiger partial charge in [0.15, 0.2) is 16.4 Å². The first-order valence-electron chi connectivity index (χ1n) is 6.73. The van der Waals surface area contributed by atoms with Crippen LogP contribution >= 0.6 is 27.5 Å². The number of aliphatic hydroxyl groups excluding tert-OH is 3. The van der Waals surface area contributed by atoms with E-state index in [1.807, 2.05) is 0 Å². The van der Waals surface area contributed by atoms with E-state index < -0.39 is 34.2 Å². The van der Waals surface area contributed by atoms with Gasteiger partial charge in [0, 0.05) is 5.52 Å². The number of H-pyrrole nitrogens is 1. The van der Waals surface area contributed by atoms with Crippen LogP contribution in [-0.2, 0) is 10.3 Å². The molecule has 0 aliphatic carbocycles. The van der Waals surface area contributed by atoms with Crippen LogP contribution in [0.15, 0.2) is 30.3 Å². The number of aromatic nitrogens is 1. The lowest BCUT2D eigenvalue weighted by atomic mass is 9.80. The van der Waals surface area contributed by atoms with Crippen LogP contribution < -0.4 is 0 Å². The highest BCUT2D eigenvalue weighted by Crippen LogP contribution is 2.54. The second kappa shape index (κ2) is 5.40. The minimum Gasteiger partial charge on any atom is -0.392 e. The molecule has 9 heteroatoms. The van der Waals surface area contributed by atoms with Crippen molar-refractivity contribution in [1.82, 2.24) is 4.98 Å². The van der Waals surface area contributed by atoms with Crippen molar-refractivity contribution in [2.75, 3.05) is 6.61 Å². The van der Waals surface area contributed by atoms with Gasteiger partial charge in [0.25, 0.3) is 0 Å². The number of para-hydroxylation sites is 1. The summed E-state index contributed by atoms with van der Waals surface area (Å²) in [7, 11) is 0. The first-order chi connectivity index (χ1) is 10.7. The number of hydrogen-bond donors (Lipinski definition) is 6. The summed E-state index contributed by atoms with van der Waals surface area (Å²) in [5.74, 6) is 0. The van der Waals surface area contributed by atoms with Gasteiger partial charge in [0.1, 0.15) is 6.10 Å². The molecule has 0 saturated carbocycles. The smallest absolute Gasteiger partial charge is 0.217 e. The molecule has 23 heavy (non-hydrogen) atoms. The molecule has 0 unspecified atom stereocenters. The lowest BCUT2D eigenvalue weighted by Crippen LogP contribution is -2.74. The van der Waals surface area contributed by atoms with Crippen LogP contribution in [0.3, 0.4) is 0 Å². The molecule has 126 valence electrons. The Balaban J connectivity index is 2.22. The second-order valence-electron chi connectivity index (χ2n) is 5.50. The molecular formula is C14H15BrClNO6. The van der Waals surface area contributed by atoms with Crippen molar-refractivity contribution < 1.29 is 30.3 Å². The number of benzene rings is 1. The Morgan fingerprint density at radius 1 is 1.26 bits per heavy atom. The van der Waals surface area contributed by atoms with Gasteiger partial charge in [0.2, 0.25) is 5.06 Å². The van der Waals surface area contributed by atoms with Crippen molar-refractivity contribution in [2.24, 2.45) is 0 Å². The summed E-state index contributed by atoms with van der Waals surface area (Å²) in [6.45, 7) is -0.876. The van der Waals surface area contributed by atoms with Crippen molar-refractivity contribution in [3.05, 3.63) is 36.0 Å².